The summed E-state index contributed by atoms with van der Waals surface area (Å²) in [4.78, 5) is 0. The van der Waals surface area contributed by atoms with E-state index in [4.69, 9.17) is 0 Å². The predicted molar refractivity (Wildman–Crippen MR) is 192 cm³/mol. The van der Waals surface area contributed by atoms with Gasteiger partial charge in [0.1, 0.15) is 0 Å². The molecule has 1 rings (SSSR count). The van der Waals surface area contributed by atoms with E-state index in [1.165, 1.54) is 33.4 Å². The van der Waals surface area contributed by atoms with Crippen LogP contribution >= 0.6 is 0 Å². The lowest BCUT2D eigenvalue weighted by Crippen LogP contribution is -1.94. The zero-order valence-corrected chi connectivity index (χ0v) is 29.2. The highest BCUT2D eigenvalue weighted by molar-refractivity contribution is 5.64. The van der Waals surface area contributed by atoms with Crippen LogP contribution in [-0.4, -0.2) is 0 Å². The van der Waals surface area contributed by atoms with Crippen LogP contribution in [0.1, 0.15) is 107 Å². The molecule has 0 fully saturated rings. The van der Waals surface area contributed by atoms with Crippen molar-refractivity contribution in [2.75, 3.05) is 0 Å². The number of allylic oxidation sites excluding steroid dienone is 10. The molecule has 0 unspecified atom stereocenters. The summed E-state index contributed by atoms with van der Waals surface area (Å²) in [5, 5.41) is 0. The molecule has 224 valence electrons. The highest BCUT2D eigenvalue weighted by Gasteiger charge is 2.06. The van der Waals surface area contributed by atoms with Crippen LogP contribution in [0.25, 0.3) is 5.57 Å². The maximum atomic E-state index is 4.03. The maximum Gasteiger partial charge on any atom is -0.0195 e. The lowest BCUT2D eigenvalue weighted by atomic mass is 9.92. The zero-order chi connectivity index (χ0) is 33.0. The van der Waals surface area contributed by atoms with Gasteiger partial charge in [0, 0.05) is 0 Å². The summed E-state index contributed by atoms with van der Waals surface area (Å²) in [7, 11) is 0. The van der Waals surface area contributed by atoms with Crippen LogP contribution in [0.5, 0.6) is 0 Å². The van der Waals surface area contributed by atoms with E-state index in [1.807, 2.05) is 47.6 Å². The van der Waals surface area contributed by atoms with Crippen LogP contribution in [-0.2, 0) is 6.42 Å². The Hall–Kier alpha value is -3.12. The van der Waals surface area contributed by atoms with Crippen molar-refractivity contribution in [1.29, 1.82) is 0 Å². The van der Waals surface area contributed by atoms with Gasteiger partial charge in [-0.3, -0.25) is 0 Å². The molecular weight excluding hydrogens is 480 g/mol. The van der Waals surface area contributed by atoms with Crippen molar-refractivity contribution in [2.24, 2.45) is 5.41 Å². The molecule has 40 heavy (non-hydrogen) atoms. The van der Waals surface area contributed by atoms with E-state index >= 15 is 0 Å². The molecule has 0 spiro atoms. The van der Waals surface area contributed by atoms with E-state index in [1.54, 1.807) is 0 Å². The summed E-state index contributed by atoms with van der Waals surface area (Å²) in [6, 6.07) is 6.58. The fourth-order valence-corrected chi connectivity index (χ4v) is 2.80. The van der Waals surface area contributed by atoms with Crippen molar-refractivity contribution in [1.82, 2.24) is 0 Å². The summed E-state index contributed by atoms with van der Waals surface area (Å²) >= 11 is 0. The smallest absolute Gasteiger partial charge is 0.0195 e. The molecular formula is C40H64. The SMILES string of the molecule is C=C.C=C(C)C.C=C(C)C(=C)/C=C(C(=C)C)\C(C)=C(/C)C(=C)C.C=C(C)c1ccc(CC)cc1C.CC(C)(C)C. The minimum absolute atomic E-state index is 0.500. The van der Waals surface area contributed by atoms with E-state index in [0.717, 1.165) is 39.9 Å². The van der Waals surface area contributed by atoms with E-state index in [-0.39, 0.29) is 0 Å². The van der Waals surface area contributed by atoms with Gasteiger partial charge in [0.15, 0.2) is 0 Å². The van der Waals surface area contributed by atoms with Gasteiger partial charge in [0.25, 0.3) is 0 Å². The Morgan fingerprint density at radius 1 is 0.700 bits per heavy atom. The molecule has 0 aliphatic carbocycles. The number of hydrogen-bond acceptors (Lipinski definition) is 0. The van der Waals surface area contributed by atoms with Crippen LogP contribution in [0.15, 0.2) is 121 Å². The Bertz CT molecular complexity index is 1060. The molecule has 0 heterocycles. The van der Waals surface area contributed by atoms with Gasteiger partial charge in [-0.1, -0.05) is 114 Å². The van der Waals surface area contributed by atoms with Gasteiger partial charge in [0.2, 0.25) is 0 Å². The minimum atomic E-state index is 0.500. The van der Waals surface area contributed by atoms with Gasteiger partial charge in [-0.2, -0.15) is 0 Å². The normalized spacial score (nSPS) is 10.7. The molecule has 0 heteroatoms. The topological polar surface area (TPSA) is 0 Å². The first-order valence-electron chi connectivity index (χ1n) is 14.0. The monoisotopic (exact) mass is 545 g/mol. The van der Waals surface area contributed by atoms with Crippen molar-refractivity contribution >= 4 is 5.57 Å². The molecule has 0 N–H and O–H groups in total. The number of hydrogen-bond donors (Lipinski definition) is 0. The van der Waals surface area contributed by atoms with Crippen molar-refractivity contribution in [3.05, 3.63) is 138 Å². The summed E-state index contributed by atoms with van der Waals surface area (Å²) in [5.41, 5.74) is 14.4. The standard InChI is InChI=1S/C17H24.C12H16.C5H12.C4H8.C2H4/c1-11(2)14(7)10-17(13(5)6)16(9)15(8)12(3)4;1-5-11-6-7-12(9(2)3)10(4)8-11;1-5(2,3)4;1-4(2)3;1-2/h10H,1,3,5,7H2,2,4,6,8-9H3;6-8H,2,5H2,1,3-4H3;1-4H3;1H2,2-3H3;1-2H2/b16-15+,17-10-;;;;. The van der Waals surface area contributed by atoms with E-state index in [2.05, 4.69) is 126 Å². The predicted octanol–water partition coefficient (Wildman–Crippen LogP) is 13.6. The second-order valence-electron chi connectivity index (χ2n) is 12.2. The van der Waals surface area contributed by atoms with Crippen molar-refractivity contribution < 1.29 is 0 Å². The Balaban J connectivity index is -0.000000243. The van der Waals surface area contributed by atoms with Gasteiger partial charge < -0.3 is 0 Å². The minimum Gasteiger partial charge on any atom is -0.106 e. The van der Waals surface area contributed by atoms with Gasteiger partial charge >= 0.3 is 0 Å². The second-order valence-corrected chi connectivity index (χ2v) is 12.2. The van der Waals surface area contributed by atoms with Gasteiger partial charge in [-0.15, -0.1) is 19.7 Å². The van der Waals surface area contributed by atoms with Gasteiger partial charge in [-0.25, -0.2) is 0 Å². The van der Waals surface area contributed by atoms with E-state index in [9.17, 15) is 0 Å². The molecule has 0 aliphatic rings. The molecule has 0 radical (unpaired) electrons. The number of benzene rings is 1. The zero-order valence-electron chi connectivity index (χ0n) is 29.2. The molecule has 1 aromatic carbocycles. The van der Waals surface area contributed by atoms with E-state index < -0.39 is 0 Å². The van der Waals surface area contributed by atoms with Crippen LogP contribution in [0.3, 0.4) is 0 Å². The average Bonchev–Trinajstić information content (AvgIpc) is 2.80. The fraction of sp³-hybridized carbons (Fsp3) is 0.400. The summed E-state index contributed by atoms with van der Waals surface area (Å²) < 4.78 is 0. The second kappa shape index (κ2) is 22.7. The third-order valence-corrected chi connectivity index (χ3v) is 5.09. The van der Waals surface area contributed by atoms with Crippen LogP contribution in [0.4, 0.5) is 0 Å². The summed E-state index contributed by atoms with van der Waals surface area (Å²) in [5.74, 6) is 0. The summed E-state index contributed by atoms with van der Waals surface area (Å²) in [6.07, 6.45) is 3.16. The Kier molecular flexibility index (Phi) is 24.9. The van der Waals surface area contributed by atoms with Crippen LogP contribution in [0, 0.1) is 12.3 Å². The maximum absolute atomic E-state index is 4.03. The highest BCUT2D eigenvalue weighted by Crippen LogP contribution is 2.26. The van der Waals surface area contributed by atoms with Crippen molar-refractivity contribution in [3.63, 3.8) is 0 Å². The van der Waals surface area contributed by atoms with Crippen LogP contribution < -0.4 is 0 Å². The molecule has 0 nitrogen and oxygen atoms in total. The lowest BCUT2D eigenvalue weighted by Gasteiger charge is -2.13. The number of rotatable bonds is 7. The molecule has 0 saturated carbocycles. The van der Waals surface area contributed by atoms with Gasteiger partial charge in [-0.05, 0) is 119 Å². The third kappa shape index (κ3) is 25.2. The number of aryl methyl sites for hydroxylation is 2. The van der Waals surface area contributed by atoms with Crippen LogP contribution in [0.2, 0.25) is 0 Å². The molecule has 1 aromatic rings. The first-order chi connectivity index (χ1) is 18.1. The highest BCUT2D eigenvalue weighted by atomic mass is 14.1. The van der Waals surface area contributed by atoms with E-state index in [0.29, 0.717) is 5.41 Å². The van der Waals surface area contributed by atoms with Gasteiger partial charge in [0.05, 0.1) is 0 Å². The van der Waals surface area contributed by atoms with Crippen molar-refractivity contribution in [3.8, 4) is 0 Å². The lowest BCUT2D eigenvalue weighted by molar-refractivity contribution is 0.469. The molecule has 0 amide bonds. The first-order valence-corrected chi connectivity index (χ1v) is 14.0. The van der Waals surface area contributed by atoms with Crippen molar-refractivity contribution in [2.45, 2.75) is 103 Å². The Morgan fingerprint density at radius 3 is 1.35 bits per heavy atom. The Morgan fingerprint density at radius 2 is 1.10 bits per heavy atom. The molecule has 0 aromatic heterocycles. The largest absolute Gasteiger partial charge is 0.106 e. The molecule has 0 saturated heterocycles. The molecule has 0 atom stereocenters. The summed E-state index contributed by atoms with van der Waals surface area (Å²) in [6.45, 7) is 58.6. The molecule has 0 aliphatic heterocycles. The quantitative estimate of drug-likeness (QED) is 0.236. The fourth-order valence-electron chi connectivity index (χ4n) is 2.80. The molecule has 0 bridgehead atoms. The third-order valence-electron chi connectivity index (χ3n) is 5.09. The average molecular weight is 545 g/mol. The Labute approximate surface area is 252 Å². The first kappa shape index (κ1) is 43.9.